The quantitative estimate of drug-likeness (QED) is 0.811. The van der Waals surface area contributed by atoms with Gasteiger partial charge >= 0.3 is 0 Å². The van der Waals surface area contributed by atoms with Crippen LogP contribution in [0.3, 0.4) is 0 Å². The first kappa shape index (κ1) is 14.3. The lowest BCUT2D eigenvalue weighted by Crippen LogP contribution is -2.46. The molecule has 2 atom stereocenters. The summed E-state index contributed by atoms with van der Waals surface area (Å²) in [4.78, 5) is 27.6. The number of nitrogens with zero attached hydrogens (tertiary/aromatic N) is 1. The largest absolute Gasteiger partial charge is 0.447 e. The third-order valence-corrected chi connectivity index (χ3v) is 3.45. The lowest BCUT2D eigenvalue weighted by molar-refractivity contribution is -0.122. The van der Waals surface area contributed by atoms with Gasteiger partial charge in [0.2, 0.25) is 5.91 Å². The number of primary amides is 1. The third kappa shape index (κ3) is 2.89. The highest BCUT2D eigenvalue weighted by Gasteiger charge is 2.30. The molecule has 0 saturated carbocycles. The van der Waals surface area contributed by atoms with Crippen molar-refractivity contribution in [1.82, 2.24) is 10.3 Å². The number of hydrogen-bond donors (Lipinski definition) is 2. The molecule has 0 radical (unpaired) electrons. The molecule has 0 aromatic carbocycles. The van der Waals surface area contributed by atoms with Crippen molar-refractivity contribution in [2.24, 2.45) is 11.7 Å². The van der Waals surface area contributed by atoms with Crippen molar-refractivity contribution in [3.63, 3.8) is 0 Å². The molecule has 108 valence electrons. The minimum atomic E-state index is -0.399. The van der Waals surface area contributed by atoms with Crippen LogP contribution in [0.2, 0.25) is 0 Å². The van der Waals surface area contributed by atoms with Crippen LogP contribution in [0.1, 0.15) is 48.9 Å². The average Bonchev–Trinajstić information content (AvgIpc) is 2.88. The summed E-state index contributed by atoms with van der Waals surface area (Å²) >= 11 is 0. The van der Waals surface area contributed by atoms with Gasteiger partial charge in [0.1, 0.15) is 5.76 Å². The topological polar surface area (TPSA) is 98.2 Å². The summed E-state index contributed by atoms with van der Waals surface area (Å²) in [5.41, 5.74) is 5.65. The molecule has 2 rings (SSSR count). The smallest absolute Gasteiger partial charge is 0.273 e. The molecule has 0 bridgehead atoms. The summed E-state index contributed by atoms with van der Waals surface area (Å²) in [6.45, 7) is 3.85. The molecule has 1 aromatic heterocycles. The Bertz CT molecular complexity index is 534. The van der Waals surface area contributed by atoms with E-state index in [1.165, 1.54) is 6.39 Å². The zero-order valence-corrected chi connectivity index (χ0v) is 11.6. The molecule has 1 aliphatic carbocycles. The van der Waals surface area contributed by atoms with Crippen molar-refractivity contribution >= 4 is 11.8 Å². The third-order valence-electron chi connectivity index (χ3n) is 3.45. The van der Waals surface area contributed by atoms with E-state index >= 15 is 0 Å². The first-order chi connectivity index (χ1) is 9.50. The Kier molecular flexibility index (Phi) is 4.22. The van der Waals surface area contributed by atoms with Gasteiger partial charge in [0.25, 0.3) is 5.91 Å². The summed E-state index contributed by atoms with van der Waals surface area (Å²) in [5.74, 6) is -0.489. The minimum absolute atomic E-state index is 0.0661. The molecular formula is C14H19N3O3. The summed E-state index contributed by atoms with van der Waals surface area (Å²) in [7, 11) is 0. The van der Waals surface area contributed by atoms with Crippen molar-refractivity contribution in [3.05, 3.63) is 30.0 Å². The maximum atomic E-state index is 12.3. The summed E-state index contributed by atoms with van der Waals surface area (Å²) in [5, 5.41) is 2.83. The van der Waals surface area contributed by atoms with Crippen LogP contribution < -0.4 is 11.1 Å². The molecule has 0 aliphatic heterocycles. The molecule has 1 aliphatic rings. The fourth-order valence-electron chi connectivity index (χ4n) is 2.36. The SMILES string of the molecule is CC(C)c1ocnc1C(=O)N[C@@H]1CC=CC[C@H]1C(N)=O. The van der Waals surface area contributed by atoms with Crippen LogP contribution in [0, 0.1) is 5.92 Å². The minimum Gasteiger partial charge on any atom is -0.447 e. The van der Waals surface area contributed by atoms with Crippen LogP contribution in [0.4, 0.5) is 0 Å². The molecule has 6 nitrogen and oxygen atoms in total. The molecule has 0 saturated heterocycles. The maximum Gasteiger partial charge on any atom is 0.273 e. The number of allylic oxidation sites excluding steroid dienone is 1. The zero-order valence-electron chi connectivity index (χ0n) is 11.6. The number of nitrogens with one attached hydrogen (secondary N) is 1. The van der Waals surface area contributed by atoms with E-state index in [-0.39, 0.29) is 29.5 Å². The second-order valence-corrected chi connectivity index (χ2v) is 5.25. The van der Waals surface area contributed by atoms with E-state index in [1.807, 2.05) is 26.0 Å². The molecule has 6 heteroatoms. The van der Waals surface area contributed by atoms with Gasteiger partial charge in [-0.15, -0.1) is 0 Å². The number of rotatable bonds is 4. The van der Waals surface area contributed by atoms with Gasteiger partial charge in [-0.1, -0.05) is 26.0 Å². The Morgan fingerprint density at radius 1 is 1.40 bits per heavy atom. The number of nitrogens with two attached hydrogens (primary N) is 1. The van der Waals surface area contributed by atoms with E-state index in [2.05, 4.69) is 10.3 Å². The van der Waals surface area contributed by atoms with E-state index in [4.69, 9.17) is 10.2 Å². The highest BCUT2D eigenvalue weighted by molar-refractivity contribution is 5.94. The lowest BCUT2D eigenvalue weighted by Gasteiger charge is -2.26. The Morgan fingerprint density at radius 2 is 2.10 bits per heavy atom. The normalized spacial score (nSPS) is 21.9. The highest BCUT2D eigenvalue weighted by atomic mass is 16.3. The fraction of sp³-hybridized carbons (Fsp3) is 0.500. The van der Waals surface area contributed by atoms with Gasteiger partial charge in [-0.05, 0) is 12.8 Å². The van der Waals surface area contributed by atoms with E-state index in [0.717, 1.165) is 0 Å². The van der Waals surface area contributed by atoms with E-state index in [1.54, 1.807) is 0 Å². The second kappa shape index (κ2) is 5.90. The van der Waals surface area contributed by atoms with Gasteiger partial charge in [0.05, 0.1) is 5.92 Å². The number of carbonyl (C=O) groups excluding carboxylic acids is 2. The lowest BCUT2D eigenvalue weighted by atomic mass is 9.88. The van der Waals surface area contributed by atoms with Crippen LogP contribution in [0.5, 0.6) is 0 Å². The van der Waals surface area contributed by atoms with Crippen molar-refractivity contribution < 1.29 is 14.0 Å². The number of aromatic nitrogens is 1. The first-order valence-corrected chi connectivity index (χ1v) is 6.69. The Morgan fingerprint density at radius 3 is 2.75 bits per heavy atom. The Hall–Kier alpha value is -2.11. The van der Waals surface area contributed by atoms with E-state index in [9.17, 15) is 9.59 Å². The van der Waals surface area contributed by atoms with Gasteiger partial charge in [-0.3, -0.25) is 9.59 Å². The van der Waals surface area contributed by atoms with Gasteiger partial charge < -0.3 is 15.5 Å². The van der Waals surface area contributed by atoms with Crippen molar-refractivity contribution in [2.45, 2.75) is 38.6 Å². The molecular weight excluding hydrogens is 258 g/mol. The molecule has 0 unspecified atom stereocenters. The number of oxazole rings is 1. The monoisotopic (exact) mass is 277 g/mol. The van der Waals surface area contributed by atoms with Crippen molar-refractivity contribution in [3.8, 4) is 0 Å². The molecule has 20 heavy (non-hydrogen) atoms. The number of carbonyl (C=O) groups is 2. The molecule has 0 spiro atoms. The molecule has 3 N–H and O–H groups in total. The van der Waals surface area contributed by atoms with Gasteiger partial charge in [-0.25, -0.2) is 4.98 Å². The second-order valence-electron chi connectivity index (χ2n) is 5.25. The molecule has 2 amide bonds. The van der Waals surface area contributed by atoms with E-state index < -0.39 is 5.91 Å². The van der Waals surface area contributed by atoms with Crippen LogP contribution in [0.25, 0.3) is 0 Å². The highest BCUT2D eigenvalue weighted by Crippen LogP contribution is 2.21. The molecule has 1 heterocycles. The number of hydrogen-bond acceptors (Lipinski definition) is 4. The summed E-state index contributed by atoms with van der Waals surface area (Å²) in [6.07, 6.45) is 6.26. The number of amides is 2. The predicted molar refractivity (Wildman–Crippen MR) is 72.9 cm³/mol. The molecule has 0 fully saturated rings. The average molecular weight is 277 g/mol. The van der Waals surface area contributed by atoms with E-state index in [0.29, 0.717) is 18.6 Å². The van der Waals surface area contributed by atoms with Gasteiger partial charge in [0, 0.05) is 12.0 Å². The fourth-order valence-corrected chi connectivity index (χ4v) is 2.36. The van der Waals surface area contributed by atoms with Crippen LogP contribution in [-0.2, 0) is 4.79 Å². The summed E-state index contributed by atoms with van der Waals surface area (Å²) in [6, 6.07) is -0.290. The maximum absolute atomic E-state index is 12.3. The van der Waals surface area contributed by atoms with Crippen molar-refractivity contribution in [2.75, 3.05) is 0 Å². The van der Waals surface area contributed by atoms with Crippen molar-refractivity contribution in [1.29, 1.82) is 0 Å². The Labute approximate surface area is 117 Å². The zero-order chi connectivity index (χ0) is 14.7. The standard InChI is InChI=1S/C14H19N3O3/c1-8(2)12-11(16-7-20-12)14(19)17-10-6-4-3-5-9(10)13(15)18/h3-4,7-10H,5-6H2,1-2H3,(H2,15,18)(H,17,19)/t9-,10-/m1/s1. The summed E-state index contributed by atoms with van der Waals surface area (Å²) < 4.78 is 5.23. The molecule has 1 aromatic rings. The van der Waals surface area contributed by atoms with Crippen LogP contribution in [-0.4, -0.2) is 22.8 Å². The Balaban J connectivity index is 2.12. The van der Waals surface area contributed by atoms with Crippen LogP contribution >= 0.6 is 0 Å². The van der Waals surface area contributed by atoms with Crippen LogP contribution in [0.15, 0.2) is 23.0 Å². The first-order valence-electron chi connectivity index (χ1n) is 6.69. The predicted octanol–water partition coefficient (Wildman–Crippen LogP) is 1.35. The van der Waals surface area contributed by atoms with Gasteiger partial charge in [0.15, 0.2) is 12.1 Å². The van der Waals surface area contributed by atoms with Gasteiger partial charge in [-0.2, -0.15) is 0 Å².